The van der Waals surface area contributed by atoms with Gasteiger partial charge in [0.1, 0.15) is 24.4 Å². The highest BCUT2D eigenvalue weighted by Gasteiger charge is 2.56. The van der Waals surface area contributed by atoms with Crippen molar-refractivity contribution in [3.8, 4) is 0 Å². The number of carbonyl (C=O) groups is 5. The summed E-state index contributed by atoms with van der Waals surface area (Å²) in [5, 5.41) is 51.3. The second-order valence-corrected chi connectivity index (χ2v) is 15.8. The Hall–Kier alpha value is -2.93. The molecule has 0 aromatic heterocycles. The molecule has 2 aliphatic heterocycles. The monoisotopic (exact) mass is 862 g/mol. The number of aliphatic carboxylic acids is 1. The molecule has 0 radical (unpaired) electrons. The average molecular weight is 863 g/mol. The van der Waals surface area contributed by atoms with Crippen LogP contribution in [0.3, 0.4) is 0 Å². The van der Waals surface area contributed by atoms with E-state index in [1.807, 2.05) is 6.92 Å². The molecule has 10 atom stereocenters. The van der Waals surface area contributed by atoms with Gasteiger partial charge in [0.25, 0.3) is 0 Å². The van der Waals surface area contributed by atoms with E-state index >= 15 is 0 Å². The smallest absolute Gasteiger partial charge is 0.306 e. The zero-order chi connectivity index (χ0) is 44.3. The summed E-state index contributed by atoms with van der Waals surface area (Å²) in [5.74, 6) is -4.47. The summed E-state index contributed by atoms with van der Waals surface area (Å²) in [5.41, 5.74) is 0. The molecule has 2 fully saturated rings. The number of hydrogen-bond acceptors (Lipinski definition) is 16. The fraction of sp³-hybridized carbons (Fsp3) is 0.884. The molecule has 60 heavy (non-hydrogen) atoms. The van der Waals surface area contributed by atoms with Crippen LogP contribution in [0.25, 0.3) is 0 Å². The topological polar surface area (TPSA) is 251 Å². The molecular weight excluding hydrogens is 788 g/mol. The molecule has 17 nitrogen and oxygen atoms in total. The molecular formula is C43H74O17. The van der Waals surface area contributed by atoms with Gasteiger partial charge in [-0.3, -0.25) is 24.0 Å². The second-order valence-electron chi connectivity index (χ2n) is 15.8. The Bertz CT molecular complexity index is 1230. The summed E-state index contributed by atoms with van der Waals surface area (Å²) < 4.78 is 41.0. The standard InChI is InChI=1S/C43H74O17/c1-4-7-10-13-15-16-18-21-24-33(49)58-40-38(56-32(48)23-20-17-14-11-8-5-2)30(28-45)55-43(41(40)59-34(50)22-19-12-9-6-3)60-42-39(57-35(51)26-25-31(46)47)37(53)36(52)29(27-44)54-42/h29-30,36-45,52-53H,4-28H2,1-3H3,(H,46,47)/t29-,30-,36-,37+,38-,39-,40+,41-,42-,43-/m1/s1. The van der Waals surface area contributed by atoms with Crippen molar-refractivity contribution in [2.45, 2.75) is 230 Å². The highest BCUT2D eigenvalue weighted by Crippen LogP contribution is 2.34. The minimum Gasteiger partial charge on any atom is -0.481 e. The molecule has 5 N–H and O–H groups in total. The molecule has 0 aromatic rings. The van der Waals surface area contributed by atoms with E-state index in [0.717, 1.165) is 89.9 Å². The van der Waals surface area contributed by atoms with E-state index in [1.54, 1.807) is 0 Å². The van der Waals surface area contributed by atoms with Gasteiger partial charge in [-0.1, -0.05) is 117 Å². The zero-order valence-corrected chi connectivity index (χ0v) is 36.1. The second kappa shape index (κ2) is 31.0. The fourth-order valence-corrected chi connectivity index (χ4v) is 7.16. The number of unbranched alkanes of at least 4 members (excludes halogenated alkanes) is 15. The quantitative estimate of drug-likeness (QED) is 0.0342. The maximum Gasteiger partial charge on any atom is 0.306 e. The highest BCUT2D eigenvalue weighted by atomic mass is 16.8. The number of ether oxygens (including phenoxy) is 7. The van der Waals surface area contributed by atoms with Crippen molar-refractivity contribution in [1.29, 1.82) is 0 Å². The van der Waals surface area contributed by atoms with Crippen molar-refractivity contribution < 1.29 is 82.7 Å². The van der Waals surface area contributed by atoms with Crippen LogP contribution < -0.4 is 0 Å². The molecule has 2 rings (SSSR count). The first kappa shape index (κ1) is 53.2. The number of aliphatic hydroxyl groups excluding tert-OH is 4. The average Bonchev–Trinajstić information content (AvgIpc) is 3.22. The molecule has 0 amide bonds. The number of aliphatic hydroxyl groups is 4. The molecule has 0 aliphatic carbocycles. The number of rotatable bonds is 32. The lowest BCUT2D eigenvalue weighted by Crippen LogP contribution is -2.66. The first-order chi connectivity index (χ1) is 28.9. The van der Waals surface area contributed by atoms with Crippen LogP contribution in [0.4, 0.5) is 0 Å². The minimum atomic E-state index is -1.93. The molecule has 348 valence electrons. The van der Waals surface area contributed by atoms with Gasteiger partial charge in [0.05, 0.1) is 26.1 Å². The van der Waals surface area contributed by atoms with Crippen LogP contribution in [0.15, 0.2) is 0 Å². The van der Waals surface area contributed by atoms with Crippen LogP contribution in [-0.4, -0.2) is 130 Å². The molecule has 2 aliphatic rings. The zero-order valence-electron chi connectivity index (χ0n) is 36.1. The van der Waals surface area contributed by atoms with Gasteiger partial charge >= 0.3 is 29.8 Å². The number of esters is 4. The third-order valence-electron chi connectivity index (χ3n) is 10.7. The van der Waals surface area contributed by atoms with E-state index in [-0.39, 0.29) is 19.3 Å². The first-order valence-electron chi connectivity index (χ1n) is 22.4. The van der Waals surface area contributed by atoms with E-state index in [2.05, 4.69) is 13.8 Å². The van der Waals surface area contributed by atoms with E-state index in [1.165, 1.54) is 6.42 Å². The van der Waals surface area contributed by atoms with Crippen LogP contribution in [0.2, 0.25) is 0 Å². The van der Waals surface area contributed by atoms with E-state index in [9.17, 15) is 44.4 Å². The normalized spacial score (nSPS) is 26.6. The Morgan fingerprint density at radius 2 is 0.800 bits per heavy atom. The van der Waals surface area contributed by atoms with Crippen molar-refractivity contribution in [3.05, 3.63) is 0 Å². The molecule has 0 saturated carbocycles. The van der Waals surface area contributed by atoms with Crippen molar-refractivity contribution in [3.63, 3.8) is 0 Å². The molecule has 0 aromatic carbocycles. The lowest BCUT2D eigenvalue weighted by atomic mass is 9.97. The van der Waals surface area contributed by atoms with Gasteiger partial charge in [-0.2, -0.15) is 0 Å². The lowest BCUT2D eigenvalue weighted by Gasteiger charge is -2.47. The minimum absolute atomic E-state index is 0.0138. The Labute approximate surface area is 355 Å². The Morgan fingerprint density at radius 3 is 1.27 bits per heavy atom. The third-order valence-corrected chi connectivity index (χ3v) is 10.7. The van der Waals surface area contributed by atoms with Crippen LogP contribution in [-0.2, 0) is 57.1 Å². The van der Waals surface area contributed by atoms with Gasteiger partial charge in [0.2, 0.25) is 12.6 Å². The van der Waals surface area contributed by atoms with Crippen LogP contribution in [0.1, 0.15) is 168 Å². The first-order valence-corrected chi connectivity index (χ1v) is 22.4. The predicted molar refractivity (Wildman–Crippen MR) is 215 cm³/mol. The van der Waals surface area contributed by atoms with Crippen LogP contribution in [0.5, 0.6) is 0 Å². The molecule has 0 bridgehead atoms. The van der Waals surface area contributed by atoms with E-state index in [0.29, 0.717) is 19.3 Å². The van der Waals surface area contributed by atoms with Gasteiger partial charge in [0.15, 0.2) is 24.4 Å². The highest BCUT2D eigenvalue weighted by molar-refractivity contribution is 5.76. The number of hydrogen-bond donors (Lipinski definition) is 5. The Balaban J connectivity index is 2.48. The van der Waals surface area contributed by atoms with Crippen LogP contribution >= 0.6 is 0 Å². The van der Waals surface area contributed by atoms with Crippen LogP contribution in [0, 0.1) is 0 Å². The fourth-order valence-electron chi connectivity index (χ4n) is 7.16. The van der Waals surface area contributed by atoms with E-state index < -0.39 is 117 Å². The SMILES string of the molecule is CCCCCCCCCCC(=O)O[C@@H]1[C@@H](OC(=O)CCCCCC)[C@@H](O[C@H]2O[C@H](CO)[C@@H](O)[C@H](O)[C@H]2OC(=O)CCC(=O)O)O[C@H](CO)[C@H]1OC(=O)CCCCCCCC. The lowest BCUT2D eigenvalue weighted by molar-refractivity contribution is -0.377. The number of carboxylic acid groups (broad SMARTS) is 1. The maximum absolute atomic E-state index is 13.6. The summed E-state index contributed by atoms with van der Waals surface area (Å²) in [6.45, 7) is 4.65. The summed E-state index contributed by atoms with van der Waals surface area (Å²) >= 11 is 0. The Kier molecular flexibility index (Phi) is 27.5. The summed E-state index contributed by atoms with van der Waals surface area (Å²) in [6, 6.07) is 0. The Morgan fingerprint density at radius 1 is 0.433 bits per heavy atom. The molecule has 17 heteroatoms. The van der Waals surface area contributed by atoms with Crippen molar-refractivity contribution in [2.75, 3.05) is 13.2 Å². The number of carbonyl (C=O) groups excluding carboxylic acids is 4. The largest absolute Gasteiger partial charge is 0.481 e. The van der Waals surface area contributed by atoms with Gasteiger partial charge < -0.3 is 58.7 Å². The van der Waals surface area contributed by atoms with Crippen molar-refractivity contribution in [2.24, 2.45) is 0 Å². The summed E-state index contributed by atoms with van der Waals surface area (Å²) in [4.78, 5) is 64.1. The van der Waals surface area contributed by atoms with Crippen molar-refractivity contribution >= 4 is 29.8 Å². The molecule has 2 heterocycles. The van der Waals surface area contributed by atoms with Gasteiger partial charge in [0, 0.05) is 19.3 Å². The number of carboxylic acids is 1. The van der Waals surface area contributed by atoms with Gasteiger partial charge in [-0.25, -0.2) is 0 Å². The molecule has 0 spiro atoms. The predicted octanol–water partition coefficient (Wildman–Crippen LogP) is 4.92. The molecule has 2 saturated heterocycles. The van der Waals surface area contributed by atoms with E-state index in [4.69, 9.17) is 38.3 Å². The maximum atomic E-state index is 13.6. The van der Waals surface area contributed by atoms with Gasteiger partial charge in [-0.05, 0) is 19.3 Å². The third kappa shape index (κ3) is 19.8. The molecule has 0 unspecified atom stereocenters. The van der Waals surface area contributed by atoms with Crippen molar-refractivity contribution in [1.82, 2.24) is 0 Å². The summed E-state index contributed by atoms with van der Waals surface area (Å²) in [6.07, 6.45) is -1.96. The summed E-state index contributed by atoms with van der Waals surface area (Å²) in [7, 11) is 0. The van der Waals surface area contributed by atoms with Gasteiger partial charge in [-0.15, -0.1) is 0 Å².